The van der Waals surface area contributed by atoms with Gasteiger partial charge in [0.1, 0.15) is 0 Å². The molecule has 7 heteroatoms. The van der Waals surface area contributed by atoms with Gasteiger partial charge in [-0.3, -0.25) is 19.6 Å². The molecule has 0 aliphatic carbocycles. The Morgan fingerprint density at radius 2 is 1.85 bits per heavy atom. The molecule has 1 saturated heterocycles. The summed E-state index contributed by atoms with van der Waals surface area (Å²) in [6, 6.07) is 7.38. The number of halogens is 2. The maximum Gasteiger partial charge on any atom is 0.238 e. The Hall–Kier alpha value is -2.38. The van der Waals surface area contributed by atoms with Crippen LogP contribution in [-0.4, -0.2) is 53.4 Å². The SMILES string of the molecule is Cc1ncccc1CN1CCN(CC(=O)Nc2ccc(F)c(F)c2)CC1. The third kappa shape index (κ3) is 4.83. The number of benzene rings is 1. The van der Waals surface area contributed by atoms with Gasteiger partial charge < -0.3 is 5.32 Å². The number of hydrogen-bond acceptors (Lipinski definition) is 4. The van der Waals surface area contributed by atoms with E-state index in [1.807, 2.05) is 13.0 Å². The number of nitrogens with one attached hydrogen (secondary N) is 1. The molecule has 26 heavy (non-hydrogen) atoms. The van der Waals surface area contributed by atoms with Gasteiger partial charge in [-0.2, -0.15) is 0 Å². The number of aryl methyl sites for hydroxylation is 1. The van der Waals surface area contributed by atoms with Crippen LogP contribution in [0.5, 0.6) is 0 Å². The number of rotatable bonds is 5. The Morgan fingerprint density at radius 3 is 2.54 bits per heavy atom. The molecular formula is C19H22F2N4O. The topological polar surface area (TPSA) is 48.5 Å². The highest BCUT2D eigenvalue weighted by molar-refractivity contribution is 5.92. The van der Waals surface area contributed by atoms with Crippen LogP contribution in [-0.2, 0) is 11.3 Å². The molecule has 0 atom stereocenters. The number of hydrogen-bond donors (Lipinski definition) is 1. The lowest BCUT2D eigenvalue weighted by Crippen LogP contribution is -2.48. The molecule has 5 nitrogen and oxygen atoms in total. The molecule has 1 aliphatic heterocycles. The van der Waals surface area contributed by atoms with Gasteiger partial charge in [-0.15, -0.1) is 0 Å². The Balaban J connectivity index is 1.45. The van der Waals surface area contributed by atoms with Gasteiger partial charge in [0.15, 0.2) is 11.6 Å². The highest BCUT2D eigenvalue weighted by atomic mass is 19.2. The van der Waals surface area contributed by atoms with Crippen molar-refractivity contribution in [1.82, 2.24) is 14.8 Å². The Bertz CT molecular complexity index is 776. The predicted molar refractivity (Wildman–Crippen MR) is 95.7 cm³/mol. The number of anilines is 1. The van der Waals surface area contributed by atoms with Crippen LogP contribution < -0.4 is 5.32 Å². The molecule has 2 aromatic rings. The van der Waals surface area contributed by atoms with Crippen molar-refractivity contribution in [2.24, 2.45) is 0 Å². The van der Waals surface area contributed by atoms with Crippen LogP contribution in [0.25, 0.3) is 0 Å². The third-order valence-electron chi connectivity index (χ3n) is 4.55. The van der Waals surface area contributed by atoms with E-state index in [1.165, 1.54) is 11.6 Å². The molecule has 1 aliphatic rings. The van der Waals surface area contributed by atoms with E-state index in [-0.39, 0.29) is 18.1 Å². The normalized spacial score (nSPS) is 15.8. The van der Waals surface area contributed by atoms with E-state index in [4.69, 9.17) is 0 Å². The van der Waals surface area contributed by atoms with Crippen LogP contribution in [0.15, 0.2) is 36.5 Å². The standard InChI is InChI=1S/C19H22F2N4O/c1-14-15(3-2-6-22-14)12-24-7-9-25(10-8-24)13-19(26)23-16-4-5-17(20)18(21)11-16/h2-6,11H,7-10,12-13H2,1H3,(H,23,26). The second-order valence-corrected chi connectivity index (χ2v) is 6.48. The van der Waals surface area contributed by atoms with Crippen molar-refractivity contribution in [2.75, 3.05) is 38.0 Å². The van der Waals surface area contributed by atoms with Gasteiger partial charge in [-0.25, -0.2) is 8.78 Å². The monoisotopic (exact) mass is 360 g/mol. The van der Waals surface area contributed by atoms with Gasteiger partial charge >= 0.3 is 0 Å². The molecule has 0 unspecified atom stereocenters. The molecule has 2 heterocycles. The molecule has 1 aromatic carbocycles. The first-order chi connectivity index (χ1) is 12.5. The molecule has 0 radical (unpaired) electrons. The number of aromatic nitrogens is 1. The van der Waals surface area contributed by atoms with Gasteiger partial charge in [-0.1, -0.05) is 6.07 Å². The van der Waals surface area contributed by atoms with Crippen molar-refractivity contribution >= 4 is 11.6 Å². The maximum atomic E-state index is 13.2. The van der Waals surface area contributed by atoms with Crippen LogP contribution in [0.3, 0.4) is 0 Å². The largest absolute Gasteiger partial charge is 0.325 e. The van der Waals surface area contributed by atoms with Gasteiger partial charge in [-0.05, 0) is 30.7 Å². The number of carbonyl (C=O) groups excluding carboxylic acids is 1. The Labute approximate surface area is 151 Å². The van der Waals surface area contributed by atoms with E-state index in [1.54, 1.807) is 6.20 Å². The quantitative estimate of drug-likeness (QED) is 0.890. The molecule has 3 rings (SSSR count). The van der Waals surface area contributed by atoms with E-state index in [9.17, 15) is 13.6 Å². The molecule has 1 N–H and O–H groups in total. The molecule has 1 aromatic heterocycles. The summed E-state index contributed by atoms with van der Waals surface area (Å²) in [6.07, 6.45) is 1.79. The number of carbonyl (C=O) groups is 1. The lowest BCUT2D eigenvalue weighted by atomic mass is 10.2. The van der Waals surface area contributed by atoms with Crippen LogP contribution >= 0.6 is 0 Å². The molecule has 0 saturated carbocycles. The van der Waals surface area contributed by atoms with E-state index in [0.29, 0.717) is 0 Å². The Kier molecular flexibility index (Phi) is 5.90. The lowest BCUT2D eigenvalue weighted by Gasteiger charge is -2.34. The predicted octanol–water partition coefficient (Wildman–Crippen LogP) is 2.42. The van der Waals surface area contributed by atoms with Crippen molar-refractivity contribution in [1.29, 1.82) is 0 Å². The third-order valence-corrected chi connectivity index (χ3v) is 4.55. The zero-order valence-corrected chi connectivity index (χ0v) is 14.7. The molecule has 1 fully saturated rings. The Morgan fingerprint density at radius 1 is 1.12 bits per heavy atom. The summed E-state index contributed by atoms with van der Waals surface area (Å²) in [5, 5.41) is 2.61. The minimum absolute atomic E-state index is 0.229. The molecule has 138 valence electrons. The summed E-state index contributed by atoms with van der Waals surface area (Å²) in [5.41, 5.74) is 2.53. The van der Waals surface area contributed by atoms with E-state index >= 15 is 0 Å². The van der Waals surface area contributed by atoms with Crippen LogP contribution in [0, 0.1) is 18.6 Å². The second kappa shape index (κ2) is 8.33. The lowest BCUT2D eigenvalue weighted by molar-refractivity contribution is -0.117. The van der Waals surface area contributed by atoms with Gasteiger partial charge in [0.2, 0.25) is 5.91 Å². The summed E-state index contributed by atoms with van der Waals surface area (Å²) in [4.78, 5) is 20.8. The number of nitrogens with zero attached hydrogens (tertiary/aromatic N) is 3. The zero-order chi connectivity index (χ0) is 18.5. The maximum absolute atomic E-state index is 13.2. The average molecular weight is 360 g/mol. The van der Waals surface area contributed by atoms with E-state index in [0.717, 1.165) is 50.6 Å². The van der Waals surface area contributed by atoms with Crippen molar-refractivity contribution < 1.29 is 13.6 Å². The zero-order valence-electron chi connectivity index (χ0n) is 14.7. The van der Waals surface area contributed by atoms with Gasteiger partial charge in [0.05, 0.1) is 6.54 Å². The highest BCUT2D eigenvalue weighted by Gasteiger charge is 2.19. The fourth-order valence-corrected chi connectivity index (χ4v) is 3.01. The summed E-state index contributed by atoms with van der Waals surface area (Å²) < 4.78 is 26.1. The summed E-state index contributed by atoms with van der Waals surface area (Å²) >= 11 is 0. The first-order valence-corrected chi connectivity index (χ1v) is 8.61. The summed E-state index contributed by atoms with van der Waals surface area (Å²) in [7, 11) is 0. The highest BCUT2D eigenvalue weighted by Crippen LogP contribution is 2.14. The smallest absolute Gasteiger partial charge is 0.238 e. The van der Waals surface area contributed by atoms with Crippen LogP contribution in [0.2, 0.25) is 0 Å². The second-order valence-electron chi connectivity index (χ2n) is 6.48. The minimum Gasteiger partial charge on any atom is -0.325 e. The van der Waals surface area contributed by atoms with Gasteiger partial charge in [0, 0.05) is 56.4 Å². The summed E-state index contributed by atoms with van der Waals surface area (Å²) in [6.45, 7) is 6.40. The fourth-order valence-electron chi connectivity index (χ4n) is 3.01. The fraction of sp³-hybridized carbons (Fsp3) is 0.368. The molecule has 0 spiro atoms. The molecular weight excluding hydrogens is 338 g/mol. The van der Waals surface area contributed by atoms with Crippen molar-refractivity contribution in [3.8, 4) is 0 Å². The average Bonchev–Trinajstić information content (AvgIpc) is 2.62. The van der Waals surface area contributed by atoms with E-state index < -0.39 is 11.6 Å². The van der Waals surface area contributed by atoms with Gasteiger partial charge in [0.25, 0.3) is 0 Å². The first kappa shape index (κ1) is 18.4. The van der Waals surface area contributed by atoms with Crippen molar-refractivity contribution in [3.05, 3.63) is 59.4 Å². The van der Waals surface area contributed by atoms with Crippen LogP contribution in [0.1, 0.15) is 11.3 Å². The van der Waals surface area contributed by atoms with Crippen molar-refractivity contribution in [2.45, 2.75) is 13.5 Å². The van der Waals surface area contributed by atoms with Crippen LogP contribution in [0.4, 0.5) is 14.5 Å². The number of piperazine rings is 1. The first-order valence-electron chi connectivity index (χ1n) is 8.61. The van der Waals surface area contributed by atoms with E-state index in [2.05, 4.69) is 26.2 Å². The molecule has 1 amide bonds. The van der Waals surface area contributed by atoms with Crippen molar-refractivity contribution in [3.63, 3.8) is 0 Å². The number of pyridine rings is 1. The molecule has 0 bridgehead atoms. The minimum atomic E-state index is -0.970. The number of amides is 1. The summed E-state index contributed by atoms with van der Waals surface area (Å²) in [5.74, 6) is -2.13.